The first-order valence-electron chi connectivity index (χ1n) is 8.12. The summed E-state index contributed by atoms with van der Waals surface area (Å²) in [6.45, 7) is 7.96. The second-order valence-electron chi connectivity index (χ2n) is 5.73. The highest BCUT2D eigenvalue weighted by atomic mass is 15.1. The Bertz CT molecular complexity index is 446. The van der Waals surface area contributed by atoms with E-state index in [2.05, 4.69) is 79.4 Å². The molecule has 0 bridgehead atoms. The van der Waals surface area contributed by atoms with Crippen LogP contribution in [-0.4, -0.2) is 24.5 Å². The van der Waals surface area contributed by atoms with Crippen LogP contribution in [0, 0.1) is 5.92 Å². The van der Waals surface area contributed by atoms with Gasteiger partial charge in [-0.3, -0.25) is 0 Å². The van der Waals surface area contributed by atoms with Gasteiger partial charge in [-0.25, -0.2) is 0 Å². The second-order valence-corrected chi connectivity index (χ2v) is 5.73. The van der Waals surface area contributed by atoms with Crippen molar-refractivity contribution in [3.63, 3.8) is 0 Å². The normalized spacial score (nSPS) is 11.2. The number of benzene rings is 2. The summed E-state index contributed by atoms with van der Waals surface area (Å²) in [6, 6.07) is 21.8. The van der Waals surface area contributed by atoms with Gasteiger partial charge in [-0.1, -0.05) is 74.5 Å². The zero-order chi connectivity index (χ0) is 14.9. The van der Waals surface area contributed by atoms with E-state index in [-0.39, 0.29) is 0 Å². The molecule has 0 heterocycles. The number of rotatable bonds is 8. The molecular formula is C20H27N. The molecule has 1 nitrogen and oxygen atoms in total. The molecule has 2 aromatic carbocycles. The van der Waals surface area contributed by atoms with Crippen molar-refractivity contribution < 1.29 is 0 Å². The van der Waals surface area contributed by atoms with Crippen molar-refractivity contribution in [1.82, 2.24) is 4.90 Å². The molecule has 2 aromatic rings. The van der Waals surface area contributed by atoms with Gasteiger partial charge >= 0.3 is 0 Å². The monoisotopic (exact) mass is 281 g/mol. The van der Waals surface area contributed by atoms with Gasteiger partial charge in [0, 0.05) is 6.54 Å². The largest absolute Gasteiger partial charge is 0.304 e. The summed E-state index contributed by atoms with van der Waals surface area (Å²) in [5.74, 6) is 0.676. The van der Waals surface area contributed by atoms with Crippen molar-refractivity contribution in [2.24, 2.45) is 5.92 Å². The van der Waals surface area contributed by atoms with Crippen LogP contribution < -0.4 is 0 Å². The smallest absolute Gasteiger partial charge is 0.00158 e. The molecule has 2 rings (SSSR count). The van der Waals surface area contributed by atoms with Crippen LogP contribution in [0.2, 0.25) is 0 Å². The first-order valence-corrected chi connectivity index (χ1v) is 8.12. The summed E-state index contributed by atoms with van der Waals surface area (Å²) in [7, 11) is 0. The average Bonchev–Trinajstić information content (AvgIpc) is 2.54. The van der Waals surface area contributed by atoms with Crippen LogP contribution in [0.4, 0.5) is 0 Å². The van der Waals surface area contributed by atoms with E-state index in [0.29, 0.717) is 5.92 Å². The molecule has 112 valence electrons. The van der Waals surface area contributed by atoms with Gasteiger partial charge < -0.3 is 4.90 Å². The van der Waals surface area contributed by atoms with E-state index in [1.807, 2.05) is 0 Å². The van der Waals surface area contributed by atoms with Crippen LogP contribution in [0.3, 0.4) is 0 Å². The SMILES string of the molecule is CCN(CC)CC(Cc1ccccc1)Cc1ccccc1. The minimum absolute atomic E-state index is 0.676. The van der Waals surface area contributed by atoms with Crippen molar-refractivity contribution in [3.8, 4) is 0 Å². The molecule has 0 radical (unpaired) electrons. The number of hydrogen-bond acceptors (Lipinski definition) is 1. The Labute approximate surface area is 129 Å². The van der Waals surface area contributed by atoms with E-state index >= 15 is 0 Å². The molecule has 0 saturated heterocycles. The molecule has 0 amide bonds. The van der Waals surface area contributed by atoms with Crippen molar-refractivity contribution in [2.75, 3.05) is 19.6 Å². The Morgan fingerprint density at radius 1 is 0.714 bits per heavy atom. The molecule has 0 N–H and O–H groups in total. The topological polar surface area (TPSA) is 3.24 Å². The van der Waals surface area contributed by atoms with Gasteiger partial charge in [-0.15, -0.1) is 0 Å². The zero-order valence-corrected chi connectivity index (χ0v) is 13.3. The molecule has 1 heteroatoms. The second kappa shape index (κ2) is 8.63. The van der Waals surface area contributed by atoms with Crippen LogP contribution in [0.5, 0.6) is 0 Å². The fraction of sp³-hybridized carbons (Fsp3) is 0.400. The lowest BCUT2D eigenvalue weighted by molar-refractivity contribution is 0.250. The predicted octanol–water partition coefficient (Wildman–Crippen LogP) is 4.43. The Kier molecular flexibility index (Phi) is 6.49. The fourth-order valence-corrected chi connectivity index (χ4v) is 2.94. The maximum atomic E-state index is 2.54. The molecule has 0 fully saturated rings. The lowest BCUT2D eigenvalue weighted by atomic mass is 9.92. The average molecular weight is 281 g/mol. The Morgan fingerprint density at radius 2 is 1.14 bits per heavy atom. The highest BCUT2D eigenvalue weighted by Gasteiger charge is 2.14. The fourth-order valence-electron chi connectivity index (χ4n) is 2.94. The Morgan fingerprint density at radius 3 is 1.52 bits per heavy atom. The third-order valence-electron chi connectivity index (χ3n) is 4.15. The first kappa shape index (κ1) is 15.8. The van der Waals surface area contributed by atoms with E-state index in [9.17, 15) is 0 Å². The zero-order valence-electron chi connectivity index (χ0n) is 13.3. The van der Waals surface area contributed by atoms with E-state index in [1.165, 1.54) is 17.7 Å². The first-order chi connectivity index (χ1) is 10.3. The van der Waals surface area contributed by atoms with E-state index in [4.69, 9.17) is 0 Å². The molecular weight excluding hydrogens is 254 g/mol. The lowest BCUT2D eigenvalue weighted by Crippen LogP contribution is -2.31. The van der Waals surface area contributed by atoms with Crippen LogP contribution >= 0.6 is 0 Å². The molecule has 21 heavy (non-hydrogen) atoms. The summed E-state index contributed by atoms with van der Waals surface area (Å²) in [4.78, 5) is 2.54. The predicted molar refractivity (Wildman–Crippen MR) is 91.6 cm³/mol. The maximum Gasteiger partial charge on any atom is 0.00158 e. The van der Waals surface area contributed by atoms with Gasteiger partial charge in [0.25, 0.3) is 0 Å². The molecule has 0 aliphatic carbocycles. The van der Waals surface area contributed by atoms with Crippen molar-refractivity contribution in [3.05, 3.63) is 71.8 Å². The lowest BCUT2D eigenvalue weighted by Gasteiger charge is -2.25. The van der Waals surface area contributed by atoms with E-state index in [1.54, 1.807) is 0 Å². The maximum absolute atomic E-state index is 2.54. The van der Waals surface area contributed by atoms with Crippen molar-refractivity contribution in [1.29, 1.82) is 0 Å². The summed E-state index contributed by atoms with van der Waals surface area (Å²) >= 11 is 0. The molecule has 0 aliphatic heterocycles. The van der Waals surface area contributed by atoms with Crippen LogP contribution in [0.25, 0.3) is 0 Å². The van der Waals surface area contributed by atoms with Gasteiger partial charge in [0.15, 0.2) is 0 Å². The minimum atomic E-state index is 0.676. The quantitative estimate of drug-likeness (QED) is 0.692. The summed E-state index contributed by atoms with van der Waals surface area (Å²) in [5.41, 5.74) is 2.90. The summed E-state index contributed by atoms with van der Waals surface area (Å²) in [6.07, 6.45) is 2.32. The molecule has 0 atom stereocenters. The number of hydrogen-bond donors (Lipinski definition) is 0. The standard InChI is InChI=1S/C20H27N/c1-3-21(4-2)17-20(15-18-11-7-5-8-12-18)16-19-13-9-6-10-14-19/h5-14,20H,3-4,15-17H2,1-2H3. The van der Waals surface area contributed by atoms with E-state index in [0.717, 1.165) is 25.9 Å². The third kappa shape index (κ3) is 5.35. The van der Waals surface area contributed by atoms with Crippen molar-refractivity contribution >= 4 is 0 Å². The van der Waals surface area contributed by atoms with Crippen LogP contribution in [0.15, 0.2) is 60.7 Å². The highest BCUT2D eigenvalue weighted by molar-refractivity contribution is 5.18. The van der Waals surface area contributed by atoms with Gasteiger partial charge in [0.2, 0.25) is 0 Å². The molecule has 0 aliphatic rings. The van der Waals surface area contributed by atoms with E-state index < -0.39 is 0 Å². The van der Waals surface area contributed by atoms with Gasteiger partial charge in [0.05, 0.1) is 0 Å². The summed E-state index contributed by atoms with van der Waals surface area (Å²) in [5, 5.41) is 0. The number of nitrogens with zero attached hydrogens (tertiary/aromatic N) is 1. The highest BCUT2D eigenvalue weighted by Crippen LogP contribution is 2.16. The molecule has 0 aromatic heterocycles. The van der Waals surface area contributed by atoms with Gasteiger partial charge in [-0.05, 0) is 43.0 Å². The molecule has 0 spiro atoms. The minimum Gasteiger partial charge on any atom is -0.304 e. The van der Waals surface area contributed by atoms with Gasteiger partial charge in [-0.2, -0.15) is 0 Å². The summed E-state index contributed by atoms with van der Waals surface area (Å²) < 4.78 is 0. The van der Waals surface area contributed by atoms with Crippen LogP contribution in [0.1, 0.15) is 25.0 Å². The van der Waals surface area contributed by atoms with Gasteiger partial charge in [0.1, 0.15) is 0 Å². The molecule has 0 saturated carbocycles. The Hall–Kier alpha value is -1.60. The Balaban J connectivity index is 2.06. The van der Waals surface area contributed by atoms with Crippen molar-refractivity contribution in [2.45, 2.75) is 26.7 Å². The molecule has 0 unspecified atom stereocenters. The third-order valence-corrected chi connectivity index (χ3v) is 4.15. The van der Waals surface area contributed by atoms with Crippen LogP contribution in [-0.2, 0) is 12.8 Å².